The van der Waals surface area contributed by atoms with E-state index in [-0.39, 0.29) is 5.41 Å². The van der Waals surface area contributed by atoms with Crippen molar-refractivity contribution in [2.24, 2.45) is 5.41 Å². The highest BCUT2D eigenvalue weighted by molar-refractivity contribution is 6.32. The molecule has 0 fully saturated rings. The van der Waals surface area contributed by atoms with E-state index in [1.54, 1.807) is 0 Å². The molecule has 0 aromatic heterocycles. The molecule has 0 aromatic rings. The van der Waals surface area contributed by atoms with Crippen LogP contribution in [0.3, 0.4) is 0 Å². The topological polar surface area (TPSA) is 17.1 Å². The maximum atomic E-state index is 9.97. The molecule has 0 amide bonds. The average Bonchev–Trinajstić information content (AvgIpc) is 1.89. The van der Waals surface area contributed by atoms with Crippen LogP contribution in [-0.2, 0) is 4.79 Å². The van der Waals surface area contributed by atoms with E-state index in [0.29, 0.717) is 17.2 Å². The van der Waals surface area contributed by atoms with Gasteiger partial charge < -0.3 is 0 Å². The molecule has 0 radical (unpaired) electrons. The third-order valence-corrected chi connectivity index (χ3v) is 2.50. The van der Waals surface area contributed by atoms with Gasteiger partial charge in [-0.15, -0.1) is 11.6 Å². The zero-order valence-electron chi connectivity index (χ0n) is 6.03. The second-order valence-corrected chi connectivity index (χ2v) is 3.34. The number of carbonyl (C=O) groups is 1. The molecule has 0 rings (SSSR count). The normalized spacial score (nSPS) is 13.4. The van der Waals surface area contributed by atoms with Crippen molar-refractivity contribution >= 4 is 29.5 Å². The fourth-order valence-electron chi connectivity index (χ4n) is 0.349. The first kappa shape index (κ1) is 9.99. The third kappa shape index (κ3) is 2.72. The Hall–Kier alpha value is -0.0100. The SMILES string of the molecule is CC(C)(CCl)/C(Cl)=C/C=O. The molecule has 0 atom stereocenters. The van der Waals surface area contributed by atoms with Gasteiger partial charge in [-0.25, -0.2) is 0 Å². The highest BCUT2D eigenvalue weighted by Crippen LogP contribution is 2.29. The Kier molecular flexibility index (Phi) is 3.99. The number of allylic oxidation sites excluding steroid dienone is 2. The summed E-state index contributed by atoms with van der Waals surface area (Å²) >= 11 is 11.3. The van der Waals surface area contributed by atoms with Crippen LogP contribution in [-0.4, -0.2) is 12.2 Å². The van der Waals surface area contributed by atoms with Gasteiger partial charge in [-0.05, 0) is 6.08 Å². The minimum Gasteiger partial charge on any atom is -0.299 e. The average molecular weight is 181 g/mol. The van der Waals surface area contributed by atoms with Crippen molar-refractivity contribution < 1.29 is 4.79 Å². The van der Waals surface area contributed by atoms with Crippen molar-refractivity contribution in [1.82, 2.24) is 0 Å². The Morgan fingerprint density at radius 1 is 1.60 bits per heavy atom. The van der Waals surface area contributed by atoms with Gasteiger partial charge in [0.25, 0.3) is 0 Å². The summed E-state index contributed by atoms with van der Waals surface area (Å²) in [5.74, 6) is 0.413. The van der Waals surface area contributed by atoms with Gasteiger partial charge in [0, 0.05) is 16.3 Å². The van der Waals surface area contributed by atoms with Crippen molar-refractivity contribution in [3.8, 4) is 0 Å². The van der Waals surface area contributed by atoms with Crippen LogP contribution < -0.4 is 0 Å². The Morgan fingerprint density at radius 2 is 2.10 bits per heavy atom. The van der Waals surface area contributed by atoms with Crippen molar-refractivity contribution in [3.63, 3.8) is 0 Å². The minimum absolute atomic E-state index is 0.288. The first-order valence-electron chi connectivity index (χ1n) is 2.92. The number of rotatable bonds is 3. The van der Waals surface area contributed by atoms with Crippen LogP contribution in [0.4, 0.5) is 0 Å². The fourth-order valence-corrected chi connectivity index (χ4v) is 0.680. The molecule has 0 heterocycles. The van der Waals surface area contributed by atoms with Crippen LogP contribution in [0.15, 0.2) is 11.1 Å². The second-order valence-electron chi connectivity index (χ2n) is 2.67. The molecule has 0 spiro atoms. The summed E-state index contributed by atoms with van der Waals surface area (Å²) in [4.78, 5) is 9.97. The van der Waals surface area contributed by atoms with E-state index in [0.717, 1.165) is 0 Å². The van der Waals surface area contributed by atoms with E-state index in [9.17, 15) is 4.79 Å². The van der Waals surface area contributed by atoms with E-state index in [1.165, 1.54) is 6.08 Å². The standard InChI is InChI=1S/C7H10Cl2O/c1-7(2,5-8)6(9)3-4-10/h3-4H,5H2,1-2H3/b6-3-. The van der Waals surface area contributed by atoms with E-state index in [4.69, 9.17) is 23.2 Å². The first-order valence-corrected chi connectivity index (χ1v) is 3.83. The quantitative estimate of drug-likeness (QED) is 0.371. The molecule has 0 saturated heterocycles. The summed E-state index contributed by atoms with van der Waals surface area (Å²) in [5, 5.41) is 0.498. The van der Waals surface area contributed by atoms with Crippen LogP contribution >= 0.6 is 23.2 Å². The van der Waals surface area contributed by atoms with Crippen molar-refractivity contribution in [1.29, 1.82) is 0 Å². The summed E-state index contributed by atoms with van der Waals surface area (Å²) in [6, 6.07) is 0. The largest absolute Gasteiger partial charge is 0.299 e. The molecular formula is C7H10Cl2O. The van der Waals surface area contributed by atoms with E-state index >= 15 is 0 Å². The lowest BCUT2D eigenvalue weighted by molar-refractivity contribution is -0.104. The zero-order valence-corrected chi connectivity index (χ0v) is 7.54. The third-order valence-electron chi connectivity index (χ3n) is 1.19. The second kappa shape index (κ2) is 3.99. The van der Waals surface area contributed by atoms with Crippen LogP contribution in [0.2, 0.25) is 0 Å². The summed E-state index contributed by atoms with van der Waals surface area (Å²) < 4.78 is 0. The van der Waals surface area contributed by atoms with Crippen LogP contribution in [0.25, 0.3) is 0 Å². The lowest BCUT2D eigenvalue weighted by Crippen LogP contribution is -2.13. The van der Waals surface area contributed by atoms with Gasteiger partial charge in [0.05, 0.1) is 0 Å². The predicted molar refractivity (Wildman–Crippen MR) is 44.5 cm³/mol. The highest BCUT2D eigenvalue weighted by Gasteiger charge is 2.19. The molecule has 0 aliphatic heterocycles. The molecule has 0 aliphatic rings. The molecule has 0 saturated carbocycles. The van der Waals surface area contributed by atoms with Gasteiger partial charge in [-0.3, -0.25) is 4.79 Å². The number of hydrogen-bond donors (Lipinski definition) is 0. The molecule has 58 valence electrons. The Morgan fingerprint density at radius 3 is 2.40 bits per heavy atom. The summed E-state index contributed by atoms with van der Waals surface area (Å²) in [5.41, 5.74) is -0.288. The molecule has 10 heavy (non-hydrogen) atoms. The lowest BCUT2D eigenvalue weighted by atomic mass is 9.96. The van der Waals surface area contributed by atoms with Crippen molar-refractivity contribution in [2.75, 3.05) is 5.88 Å². The number of alkyl halides is 1. The number of carbonyl (C=O) groups excluding carboxylic acids is 1. The number of halogens is 2. The minimum atomic E-state index is -0.288. The smallest absolute Gasteiger partial charge is 0.144 e. The van der Waals surface area contributed by atoms with Gasteiger partial charge in [0.15, 0.2) is 0 Å². The highest BCUT2D eigenvalue weighted by atomic mass is 35.5. The van der Waals surface area contributed by atoms with Gasteiger partial charge in [-0.2, -0.15) is 0 Å². The summed E-state index contributed by atoms with van der Waals surface area (Å²) in [6.07, 6.45) is 1.99. The molecule has 3 heteroatoms. The lowest BCUT2D eigenvalue weighted by Gasteiger charge is -2.19. The van der Waals surface area contributed by atoms with Crippen molar-refractivity contribution in [3.05, 3.63) is 11.1 Å². The monoisotopic (exact) mass is 180 g/mol. The summed E-state index contributed by atoms with van der Waals surface area (Å²) in [6.45, 7) is 3.75. The molecule has 0 N–H and O–H groups in total. The van der Waals surface area contributed by atoms with E-state index < -0.39 is 0 Å². The fraction of sp³-hybridized carbons (Fsp3) is 0.571. The number of aldehydes is 1. The van der Waals surface area contributed by atoms with Gasteiger partial charge >= 0.3 is 0 Å². The Bertz CT molecular complexity index is 150. The van der Waals surface area contributed by atoms with Gasteiger partial charge in [0.2, 0.25) is 0 Å². The van der Waals surface area contributed by atoms with E-state index in [2.05, 4.69) is 0 Å². The molecule has 0 unspecified atom stereocenters. The van der Waals surface area contributed by atoms with Crippen LogP contribution in [0, 0.1) is 5.41 Å². The van der Waals surface area contributed by atoms with Gasteiger partial charge in [-0.1, -0.05) is 25.4 Å². The van der Waals surface area contributed by atoms with Gasteiger partial charge in [0.1, 0.15) is 6.29 Å². The van der Waals surface area contributed by atoms with Crippen molar-refractivity contribution in [2.45, 2.75) is 13.8 Å². The Balaban J connectivity index is 4.31. The Labute approximate surface area is 71.0 Å². The first-order chi connectivity index (χ1) is 4.54. The molecule has 0 bridgehead atoms. The summed E-state index contributed by atoms with van der Waals surface area (Å²) in [7, 11) is 0. The molecular weight excluding hydrogens is 171 g/mol. The molecule has 0 aliphatic carbocycles. The van der Waals surface area contributed by atoms with E-state index in [1.807, 2.05) is 13.8 Å². The molecule has 0 aromatic carbocycles. The zero-order chi connectivity index (χ0) is 8.20. The molecule has 1 nitrogen and oxygen atoms in total. The maximum absolute atomic E-state index is 9.97. The predicted octanol–water partition coefficient (Wildman–Crippen LogP) is 2.57. The maximum Gasteiger partial charge on any atom is 0.144 e. The number of hydrogen-bond acceptors (Lipinski definition) is 1. The van der Waals surface area contributed by atoms with Crippen LogP contribution in [0.1, 0.15) is 13.8 Å². The van der Waals surface area contributed by atoms with Crippen LogP contribution in [0.5, 0.6) is 0 Å².